The quantitative estimate of drug-likeness (QED) is 0.730. The van der Waals surface area contributed by atoms with Crippen LogP contribution < -0.4 is 29.6 Å². The molecular weight excluding hydrogens is 207 g/mol. The minimum Gasteiger partial charge on any atom is -1.00 e. The third-order valence-corrected chi connectivity index (χ3v) is 3.04. The number of aromatic hydroxyl groups is 1. The Hall–Kier alpha value is 0.0200. The van der Waals surface area contributed by atoms with Gasteiger partial charge in [-0.1, -0.05) is 57.7 Å². The van der Waals surface area contributed by atoms with Crippen molar-refractivity contribution >= 4 is 0 Å². The van der Waals surface area contributed by atoms with Gasteiger partial charge in [-0.15, -0.1) is 0 Å². The Labute approximate surface area is 123 Å². The largest absolute Gasteiger partial charge is 1.00 e. The second-order valence-electron chi connectivity index (χ2n) is 4.25. The van der Waals surface area contributed by atoms with Gasteiger partial charge in [-0.05, 0) is 24.0 Å². The van der Waals surface area contributed by atoms with Gasteiger partial charge in [0.05, 0.1) is 0 Å². The molecule has 0 saturated heterocycles. The molecule has 0 amide bonds. The summed E-state index contributed by atoms with van der Waals surface area (Å²) < 4.78 is 0. The summed E-state index contributed by atoms with van der Waals surface area (Å²) in [7, 11) is 0. The molecule has 0 bridgehead atoms. The van der Waals surface area contributed by atoms with Crippen LogP contribution in [0, 0.1) is 5.92 Å². The third kappa shape index (κ3) is 5.38. The maximum atomic E-state index is 9.68. The van der Waals surface area contributed by atoms with Gasteiger partial charge in [0.2, 0.25) is 0 Å². The van der Waals surface area contributed by atoms with Crippen molar-refractivity contribution in [2.45, 2.75) is 46.0 Å². The number of hydrogen-bond acceptors (Lipinski definition) is 1. The van der Waals surface area contributed by atoms with E-state index in [1.54, 1.807) is 6.07 Å². The van der Waals surface area contributed by atoms with Gasteiger partial charge in [0.15, 0.2) is 0 Å². The Morgan fingerprint density at radius 2 is 1.94 bits per heavy atom. The number of para-hydroxylation sites is 1. The molecule has 1 nitrogen and oxygen atoms in total. The molecule has 1 unspecified atom stereocenters. The van der Waals surface area contributed by atoms with Crippen molar-refractivity contribution in [3.05, 3.63) is 29.8 Å². The fourth-order valence-electron chi connectivity index (χ4n) is 1.94. The van der Waals surface area contributed by atoms with Gasteiger partial charge in [0.1, 0.15) is 5.75 Å². The van der Waals surface area contributed by atoms with Crippen molar-refractivity contribution in [1.29, 1.82) is 0 Å². The average molecular weight is 230 g/mol. The number of phenolic OH excluding ortho intramolecular Hbond substituents is 1. The first-order chi connectivity index (χ1) is 7.27. The van der Waals surface area contributed by atoms with Gasteiger partial charge in [-0.2, -0.15) is 0 Å². The summed E-state index contributed by atoms with van der Waals surface area (Å²) in [5.74, 6) is 1.17. The van der Waals surface area contributed by atoms with Gasteiger partial charge in [0.25, 0.3) is 0 Å². The number of hydrogen-bond donors (Lipinski definition) is 1. The summed E-state index contributed by atoms with van der Waals surface area (Å²) in [6.45, 7) is 4.47. The van der Waals surface area contributed by atoms with Crippen LogP contribution in [0.3, 0.4) is 0 Å². The Morgan fingerprint density at radius 3 is 2.50 bits per heavy atom. The second-order valence-corrected chi connectivity index (χ2v) is 4.25. The number of benzene rings is 1. The molecule has 0 heterocycles. The van der Waals surface area contributed by atoms with E-state index < -0.39 is 0 Å². The smallest absolute Gasteiger partial charge is 1.00 e. The van der Waals surface area contributed by atoms with E-state index in [1.807, 2.05) is 18.2 Å². The van der Waals surface area contributed by atoms with Crippen LogP contribution in [0.25, 0.3) is 0 Å². The molecule has 1 aromatic carbocycles. The van der Waals surface area contributed by atoms with E-state index in [2.05, 4.69) is 13.8 Å². The summed E-state index contributed by atoms with van der Waals surface area (Å²) >= 11 is 0. The normalized spacial score (nSPS) is 11.9. The zero-order valence-electron chi connectivity index (χ0n) is 11.9. The summed E-state index contributed by atoms with van der Waals surface area (Å²) in [5, 5.41) is 9.68. The van der Waals surface area contributed by atoms with Crippen LogP contribution in [0.15, 0.2) is 24.3 Å². The molecule has 0 saturated carbocycles. The summed E-state index contributed by atoms with van der Waals surface area (Å²) in [4.78, 5) is 0. The molecule has 1 atom stereocenters. The first kappa shape index (κ1) is 16.0. The molecule has 1 N–H and O–H groups in total. The first-order valence-corrected chi connectivity index (χ1v) is 6.04. The third-order valence-electron chi connectivity index (χ3n) is 3.04. The minimum atomic E-state index is 0. The van der Waals surface area contributed by atoms with E-state index in [1.165, 1.54) is 25.7 Å². The molecule has 0 aromatic heterocycles. The molecule has 0 aliphatic rings. The molecule has 0 spiro atoms. The van der Waals surface area contributed by atoms with Gasteiger partial charge in [0, 0.05) is 0 Å². The Balaban J connectivity index is 0. The van der Waals surface area contributed by atoms with Crippen LogP contribution >= 0.6 is 0 Å². The van der Waals surface area contributed by atoms with E-state index in [0.29, 0.717) is 5.75 Å². The molecule has 1 aromatic rings. The van der Waals surface area contributed by atoms with Crippen LogP contribution in [0.1, 0.15) is 46.5 Å². The van der Waals surface area contributed by atoms with Crippen LogP contribution in [0.5, 0.6) is 5.75 Å². The fourth-order valence-corrected chi connectivity index (χ4v) is 1.94. The SMILES string of the molecule is CCCCC(CC)Cc1ccccc1O.[H-].[Na+]. The topological polar surface area (TPSA) is 20.2 Å². The molecule has 0 aliphatic heterocycles. The van der Waals surface area contributed by atoms with Gasteiger partial charge in [-0.25, -0.2) is 0 Å². The zero-order valence-corrected chi connectivity index (χ0v) is 12.9. The predicted molar refractivity (Wildman–Crippen MR) is 66.2 cm³/mol. The summed E-state index contributed by atoms with van der Waals surface area (Å²) in [6, 6.07) is 7.69. The van der Waals surface area contributed by atoms with E-state index in [4.69, 9.17) is 0 Å². The standard InChI is InChI=1S/C14H22O.Na.H/c1-3-5-8-12(4-2)11-13-9-6-7-10-14(13)15;;/h6-7,9-10,12,15H,3-5,8,11H2,1-2H3;;/q;+1;-1. The van der Waals surface area contributed by atoms with Crippen LogP contribution in [-0.2, 0) is 6.42 Å². The monoisotopic (exact) mass is 230 g/mol. The van der Waals surface area contributed by atoms with Crippen LogP contribution in [-0.4, -0.2) is 5.11 Å². The van der Waals surface area contributed by atoms with Crippen molar-refractivity contribution < 1.29 is 36.1 Å². The number of phenols is 1. The summed E-state index contributed by atoms with van der Waals surface area (Å²) in [6.07, 6.45) is 6.06. The molecule has 0 radical (unpaired) electrons. The van der Waals surface area contributed by atoms with Gasteiger partial charge in [-0.3, -0.25) is 0 Å². The van der Waals surface area contributed by atoms with Gasteiger partial charge < -0.3 is 6.53 Å². The molecule has 0 fully saturated rings. The van der Waals surface area contributed by atoms with Crippen molar-refractivity contribution in [2.24, 2.45) is 5.92 Å². The van der Waals surface area contributed by atoms with Crippen molar-refractivity contribution in [2.75, 3.05) is 0 Å². The molecule has 1 rings (SSSR count). The van der Waals surface area contributed by atoms with Crippen molar-refractivity contribution in [3.8, 4) is 5.75 Å². The molecule has 0 aliphatic carbocycles. The van der Waals surface area contributed by atoms with Crippen molar-refractivity contribution in [3.63, 3.8) is 0 Å². The minimum absolute atomic E-state index is 0. The Bertz CT molecular complexity index is 291. The number of rotatable bonds is 6. The molecular formula is C14H23NaO. The Kier molecular flexibility index (Phi) is 9.10. The fraction of sp³-hybridized carbons (Fsp3) is 0.571. The Morgan fingerprint density at radius 1 is 1.25 bits per heavy atom. The van der Waals surface area contributed by atoms with Crippen LogP contribution in [0.2, 0.25) is 0 Å². The van der Waals surface area contributed by atoms with E-state index >= 15 is 0 Å². The van der Waals surface area contributed by atoms with E-state index in [0.717, 1.165) is 17.9 Å². The maximum Gasteiger partial charge on any atom is 1.00 e. The second kappa shape index (κ2) is 9.09. The van der Waals surface area contributed by atoms with Gasteiger partial charge >= 0.3 is 29.6 Å². The zero-order chi connectivity index (χ0) is 11.1. The first-order valence-electron chi connectivity index (χ1n) is 6.04. The maximum absolute atomic E-state index is 9.68. The van der Waals surface area contributed by atoms with E-state index in [-0.39, 0.29) is 31.0 Å². The summed E-state index contributed by atoms with van der Waals surface area (Å²) in [5.41, 5.74) is 1.10. The van der Waals surface area contributed by atoms with Crippen LogP contribution in [0.4, 0.5) is 0 Å². The molecule has 16 heavy (non-hydrogen) atoms. The van der Waals surface area contributed by atoms with Crippen molar-refractivity contribution in [1.82, 2.24) is 0 Å². The number of unbranched alkanes of at least 4 members (excludes halogenated alkanes) is 1. The molecule has 2 heteroatoms. The average Bonchev–Trinajstić information content (AvgIpc) is 2.26. The molecule has 86 valence electrons. The van der Waals surface area contributed by atoms with E-state index in [9.17, 15) is 5.11 Å². The predicted octanol–water partition coefficient (Wildman–Crippen LogP) is 1.27.